The molecule has 4 heteroatoms. The van der Waals surface area contributed by atoms with Crippen LogP contribution in [-0.4, -0.2) is 12.8 Å². The van der Waals surface area contributed by atoms with Crippen molar-refractivity contribution in [1.29, 1.82) is 0 Å². The number of rotatable bonds is 4. The van der Waals surface area contributed by atoms with Crippen molar-refractivity contribution in [1.82, 2.24) is 0 Å². The highest BCUT2D eigenvalue weighted by Crippen LogP contribution is 2.03. The molecule has 0 aliphatic rings. The summed E-state index contributed by atoms with van der Waals surface area (Å²) in [6.45, 7) is 0.681. The number of halogens is 1. The molecule has 0 aliphatic heterocycles. The second-order valence-corrected chi connectivity index (χ2v) is 2.42. The Kier molecular flexibility index (Phi) is 3.92. The first kappa shape index (κ1) is 9.67. The summed E-state index contributed by atoms with van der Waals surface area (Å²) < 4.78 is 12.4. The summed E-state index contributed by atoms with van der Waals surface area (Å²) >= 11 is 0. The maximum Gasteiger partial charge on any atom is 0.142 e. The van der Waals surface area contributed by atoms with Gasteiger partial charge in [0.05, 0.1) is 6.21 Å². The van der Waals surface area contributed by atoms with Gasteiger partial charge in [0.15, 0.2) is 0 Å². The van der Waals surface area contributed by atoms with E-state index in [1.165, 1.54) is 18.3 Å². The Labute approximate surface area is 76.0 Å². The summed E-state index contributed by atoms with van der Waals surface area (Å²) in [5, 5.41) is 3.56. The summed E-state index contributed by atoms with van der Waals surface area (Å²) in [6.07, 6.45) is 1.46. The topological polar surface area (TPSA) is 47.6 Å². The van der Waals surface area contributed by atoms with Crippen LogP contribution in [0.4, 0.5) is 4.39 Å². The van der Waals surface area contributed by atoms with Crippen LogP contribution < -0.4 is 5.73 Å². The Morgan fingerprint density at radius 2 is 2.08 bits per heavy atom. The predicted molar refractivity (Wildman–Crippen MR) is 48.7 cm³/mol. The van der Waals surface area contributed by atoms with E-state index in [4.69, 9.17) is 10.6 Å². The minimum atomic E-state index is -0.255. The van der Waals surface area contributed by atoms with Gasteiger partial charge in [0, 0.05) is 6.54 Å². The Morgan fingerprint density at radius 1 is 1.38 bits per heavy atom. The first-order valence-electron chi connectivity index (χ1n) is 3.91. The van der Waals surface area contributed by atoms with Gasteiger partial charge in [-0.15, -0.1) is 0 Å². The van der Waals surface area contributed by atoms with Gasteiger partial charge in [-0.05, 0) is 17.7 Å². The summed E-state index contributed by atoms with van der Waals surface area (Å²) in [7, 11) is 0. The maximum absolute atomic E-state index is 12.4. The minimum absolute atomic E-state index is 0.255. The van der Waals surface area contributed by atoms with E-state index in [0.29, 0.717) is 13.2 Å². The molecule has 0 amide bonds. The molecule has 13 heavy (non-hydrogen) atoms. The number of nitrogens with two attached hydrogens (primary N) is 1. The largest absolute Gasteiger partial charge is 0.391 e. The third-order valence-electron chi connectivity index (χ3n) is 1.40. The predicted octanol–water partition coefficient (Wildman–Crippen LogP) is 1.29. The van der Waals surface area contributed by atoms with Crippen LogP contribution in [0.2, 0.25) is 0 Å². The van der Waals surface area contributed by atoms with E-state index < -0.39 is 0 Å². The molecule has 0 heterocycles. The minimum Gasteiger partial charge on any atom is -0.391 e. The highest BCUT2D eigenvalue weighted by atomic mass is 19.1. The van der Waals surface area contributed by atoms with Crippen LogP contribution in [0.5, 0.6) is 0 Å². The molecular formula is C9H11FN2O. The second kappa shape index (κ2) is 5.27. The molecular weight excluding hydrogens is 171 g/mol. The van der Waals surface area contributed by atoms with Crippen LogP contribution in [0.1, 0.15) is 5.56 Å². The van der Waals surface area contributed by atoms with Gasteiger partial charge in [-0.25, -0.2) is 4.39 Å². The van der Waals surface area contributed by atoms with Gasteiger partial charge in [-0.3, -0.25) is 0 Å². The van der Waals surface area contributed by atoms with Gasteiger partial charge in [0.1, 0.15) is 12.4 Å². The van der Waals surface area contributed by atoms with Crippen molar-refractivity contribution in [3.05, 3.63) is 35.6 Å². The highest BCUT2D eigenvalue weighted by Gasteiger charge is 1.92. The van der Waals surface area contributed by atoms with Gasteiger partial charge in [-0.1, -0.05) is 17.3 Å². The van der Waals surface area contributed by atoms with Gasteiger partial charge in [0.2, 0.25) is 0 Å². The monoisotopic (exact) mass is 182 g/mol. The van der Waals surface area contributed by atoms with E-state index in [1.54, 1.807) is 12.1 Å². The lowest BCUT2D eigenvalue weighted by Gasteiger charge is -1.98. The fraction of sp³-hybridized carbons (Fsp3) is 0.222. The molecule has 70 valence electrons. The fourth-order valence-electron chi connectivity index (χ4n) is 0.788. The third-order valence-corrected chi connectivity index (χ3v) is 1.40. The van der Waals surface area contributed by atoms with Crippen molar-refractivity contribution in [3.63, 3.8) is 0 Å². The van der Waals surface area contributed by atoms with Gasteiger partial charge < -0.3 is 10.6 Å². The Hall–Kier alpha value is -1.42. The van der Waals surface area contributed by atoms with Crippen molar-refractivity contribution < 1.29 is 9.23 Å². The highest BCUT2D eigenvalue weighted by molar-refractivity contribution is 5.58. The van der Waals surface area contributed by atoms with E-state index in [1.807, 2.05) is 0 Å². The molecule has 0 aromatic heterocycles. The average molecular weight is 182 g/mol. The first-order chi connectivity index (χ1) is 6.33. The standard InChI is InChI=1S/C9H11FN2O/c10-9-3-1-8(2-4-9)7-13-12-6-5-11/h1-4,6H,5,7,11H2. The quantitative estimate of drug-likeness (QED) is 0.563. The fourth-order valence-corrected chi connectivity index (χ4v) is 0.788. The van der Waals surface area contributed by atoms with E-state index in [2.05, 4.69) is 5.16 Å². The maximum atomic E-state index is 12.4. The molecule has 1 rings (SSSR count). The average Bonchev–Trinajstić information content (AvgIpc) is 2.15. The molecule has 0 spiro atoms. The molecule has 3 nitrogen and oxygen atoms in total. The van der Waals surface area contributed by atoms with E-state index in [9.17, 15) is 4.39 Å². The summed E-state index contributed by atoms with van der Waals surface area (Å²) in [6, 6.07) is 6.05. The number of oxime groups is 1. The number of hydrogen-bond acceptors (Lipinski definition) is 3. The molecule has 1 aromatic carbocycles. The Morgan fingerprint density at radius 3 is 2.69 bits per heavy atom. The number of nitrogens with zero attached hydrogens (tertiary/aromatic N) is 1. The van der Waals surface area contributed by atoms with Gasteiger partial charge >= 0.3 is 0 Å². The first-order valence-corrected chi connectivity index (χ1v) is 3.91. The van der Waals surface area contributed by atoms with Crippen molar-refractivity contribution in [2.75, 3.05) is 6.54 Å². The van der Waals surface area contributed by atoms with E-state index in [0.717, 1.165) is 5.56 Å². The van der Waals surface area contributed by atoms with E-state index >= 15 is 0 Å². The van der Waals surface area contributed by atoms with Crippen LogP contribution in [0.25, 0.3) is 0 Å². The zero-order chi connectivity index (χ0) is 9.52. The molecule has 0 aliphatic carbocycles. The van der Waals surface area contributed by atoms with Crippen molar-refractivity contribution in [2.45, 2.75) is 6.61 Å². The lowest BCUT2D eigenvalue weighted by molar-refractivity contribution is 0.131. The van der Waals surface area contributed by atoms with Crippen LogP contribution >= 0.6 is 0 Å². The lowest BCUT2D eigenvalue weighted by atomic mass is 10.2. The van der Waals surface area contributed by atoms with Crippen molar-refractivity contribution >= 4 is 6.21 Å². The molecule has 0 atom stereocenters. The number of hydrogen-bond donors (Lipinski definition) is 1. The second-order valence-electron chi connectivity index (χ2n) is 2.42. The normalized spacial score (nSPS) is 10.6. The van der Waals surface area contributed by atoms with Crippen LogP contribution in [0.15, 0.2) is 29.4 Å². The third kappa shape index (κ3) is 3.66. The number of benzene rings is 1. The van der Waals surface area contributed by atoms with Gasteiger partial charge in [0.25, 0.3) is 0 Å². The van der Waals surface area contributed by atoms with Gasteiger partial charge in [-0.2, -0.15) is 0 Å². The SMILES string of the molecule is NCC=NOCc1ccc(F)cc1. The zero-order valence-corrected chi connectivity index (χ0v) is 7.11. The van der Waals surface area contributed by atoms with E-state index in [-0.39, 0.29) is 5.82 Å². The molecule has 0 fully saturated rings. The molecule has 2 N–H and O–H groups in total. The molecule has 0 unspecified atom stereocenters. The lowest BCUT2D eigenvalue weighted by Crippen LogP contribution is -1.99. The van der Waals surface area contributed by atoms with Crippen LogP contribution in [-0.2, 0) is 11.4 Å². The Balaban J connectivity index is 2.37. The molecule has 0 saturated heterocycles. The smallest absolute Gasteiger partial charge is 0.142 e. The Bertz CT molecular complexity index is 271. The summed E-state index contributed by atoms with van der Waals surface area (Å²) in [5.41, 5.74) is 6.02. The van der Waals surface area contributed by atoms with Crippen LogP contribution in [0.3, 0.4) is 0 Å². The zero-order valence-electron chi connectivity index (χ0n) is 7.11. The summed E-state index contributed by atoms with van der Waals surface area (Å²) in [5.74, 6) is -0.255. The molecule has 0 saturated carbocycles. The molecule has 0 radical (unpaired) electrons. The molecule has 1 aromatic rings. The van der Waals surface area contributed by atoms with Crippen LogP contribution in [0, 0.1) is 5.82 Å². The van der Waals surface area contributed by atoms with Crippen molar-refractivity contribution in [3.8, 4) is 0 Å². The molecule has 0 bridgehead atoms. The summed E-state index contributed by atoms with van der Waals surface area (Å²) in [4.78, 5) is 4.87. The van der Waals surface area contributed by atoms with Crippen molar-refractivity contribution in [2.24, 2.45) is 10.9 Å².